The first-order chi connectivity index (χ1) is 16.7. The minimum absolute atomic E-state index is 0.0475. The minimum atomic E-state index is -4.06. The van der Waals surface area contributed by atoms with Gasteiger partial charge in [0.1, 0.15) is 6.61 Å². The molecule has 2 amide bonds. The van der Waals surface area contributed by atoms with E-state index in [9.17, 15) is 23.2 Å². The lowest BCUT2D eigenvalue weighted by Gasteiger charge is -2.32. The van der Waals surface area contributed by atoms with Crippen LogP contribution in [0.5, 0.6) is 0 Å². The van der Waals surface area contributed by atoms with Gasteiger partial charge in [-0.2, -0.15) is 8.78 Å². The first-order valence-electron chi connectivity index (χ1n) is 11.7. The fourth-order valence-electron chi connectivity index (χ4n) is 5.75. The number of hydrogen-bond donors (Lipinski definition) is 3. The molecule has 1 unspecified atom stereocenters. The number of carboxylic acids is 1. The van der Waals surface area contributed by atoms with Crippen LogP contribution in [0.2, 0.25) is 0 Å². The third-order valence-corrected chi connectivity index (χ3v) is 7.94. The average Bonchev–Trinajstić information content (AvgIpc) is 3.44. The van der Waals surface area contributed by atoms with E-state index >= 15 is 0 Å². The highest BCUT2D eigenvalue weighted by Gasteiger charge is 2.73. The zero-order valence-corrected chi connectivity index (χ0v) is 19.0. The molecule has 0 heterocycles. The van der Waals surface area contributed by atoms with Crippen LogP contribution in [0.4, 0.5) is 13.6 Å². The molecular formula is C26H26F2N2O5. The number of hydrogen-bond acceptors (Lipinski definition) is 4. The molecule has 184 valence electrons. The lowest BCUT2D eigenvalue weighted by atomic mass is 9.74. The predicted molar refractivity (Wildman–Crippen MR) is 122 cm³/mol. The maximum atomic E-state index is 13.5. The highest BCUT2D eigenvalue weighted by molar-refractivity contribution is 5.89. The predicted octanol–water partition coefficient (Wildman–Crippen LogP) is 3.92. The number of amides is 2. The number of alkyl halides is 2. The Morgan fingerprint density at radius 1 is 1.00 bits per heavy atom. The minimum Gasteiger partial charge on any atom is -0.477 e. The molecule has 2 aromatic rings. The third kappa shape index (κ3) is 3.83. The van der Waals surface area contributed by atoms with Crippen molar-refractivity contribution in [1.82, 2.24) is 10.6 Å². The smallest absolute Gasteiger partial charge is 0.407 e. The Kier molecular flexibility index (Phi) is 5.53. The van der Waals surface area contributed by atoms with Gasteiger partial charge in [0, 0.05) is 12.5 Å². The van der Waals surface area contributed by atoms with Crippen LogP contribution in [0.1, 0.15) is 42.7 Å². The summed E-state index contributed by atoms with van der Waals surface area (Å²) in [6.07, 6.45) is 2.24. The molecule has 9 heteroatoms. The molecular weight excluding hydrogens is 458 g/mol. The van der Waals surface area contributed by atoms with Crippen LogP contribution < -0.4 is 10.6 Å². The van der Waals surface area contributed by atoms with Crippen molar-refractivity contribution in [3.05, 3.63) is 59.7 Å². The highest BCUT2D eigenvalue weighted by atomic mass is 19.3. The van der Waals surface area contributed by atoms with Gasteiger partial charge in [0.05, 0.1) is 12.0 Å². The van der Waals surface area contributed by atoms with Crippen LogP contribution in [-0.4, -0.2) is 48.7 Å². The van der Waals surface area contributed by atoms with E-state index < -0.39 is 35.9 Å². The second-order valence-corrected chi connectivity index (χ2v) is 9.76. The van der Waals surface area contributed by atoms with Crippen molar-refractivity contribution >= 4 is 18.0 Å². The molecule has 3 aliphatic carbocycles. The standard InChI is InChI=1S/C26H26F2N2O5/c27-26(28,22(32)33)15-29-21(31)25(13-24(25)10-5-11-24)14-30-23(34)35-12-20-18-8-3-1-6-16(18)17-7-2-4-9-19(17)20/h1-4,6-9,20H,5,10-15H2,(H,29,31)(H,30,34)(H,32,33). The normalized spacial score (nSPS) is 21.4. The zero-order chi connectivity index (χ0) is 24.8. The van der Waals surface area contributed by atoms with Crippen LogP contribution >= 0.6 is 0 Å². The molecule has 0 aromatic heterocycles. The Bertz CT molecular complexity index is 1150. The van der Waals surface area contributed by atoms with Crippen LogP contribution in [0, 0.1) is 10.8 Å². The van der Waals surface area contributed by atoms with E-state index in [-0.39, 0.29) is 24.5 Å². The van der Waals surface area contributed by atoms with Gasteiger partial charge in [0.15, 0.2) is 0 Å². The van der Waals surface area contributed by atoms with Crippen molar-refractivity contribution in [3.8, 4) is 11.1 Å². The van der Waals surface area contributed by atoms with E-state index in [0.717, 1.165) is 41.5 Å². The molecule has 35 heavy (non-hydrogen) atoms. The van der Waals surface area contributed by atoms with Crippen LogP contribution in [-0.2, 0) is 14.3 Å². The molecule has 2 saturated carbocycles. The van der Waals surface area contributed by atoms with Crippen LogP contribution in [0.3, 0.4) is 0 Å². The Morgan fingerprint density at radius 2 is 1.60 bits per heavy atom. The summed E-state index contributed by atoms with van der Waals surface area (Å²) >= 11 is 0. The topological polar surface area (TPSA) is 105 Å². The van der Waals surface area contributed by atoms with E-state index in [0.29, 0.717) is 6.42 Å². The lowest BCUT2D eigenvalue weighted by Crippen LogP contribution is -2.49. The molecule has 0 saturated heterocycles. The van der Waals surface area contributed by atoms with Gasteiger partial charge in [0.2, 0.25) is 5.91 Å². The molecule has 3 N–H and O–H groups in total. The van der Waals surface area contributed by atoms with Gasteiger partial charge in [0.25, 0.3) is 0 Å². The number of aliphatic carboxylic acids is 1. The van der Waals surface area contributed by atoms with E-state index in [4.69, 9.17) is 9.84 Å². The van der Waals surface area contributed by atoms with Crippen molar-refractivity contribution in [2.24, 2.45) is 10.8 Å². The molecule has 5 rings (SSSR count). The van der Waals surface area contributed by atoms with Crippen LogP contribution in [0.15, 0.2) is 48.5 Å². The van der Waals surface area contributed by atoms with Gasteiger partial charge in [-0.15, -0.1) is 0 Å². The number of ether oxygens (including phenoxy) is 1. The number of carboxylic acid groups (broad SMARTS) is 1. The molecule has 0 aliphatic heterocycles. The zero-order valence-electron chi connectivity index (χ0n) is 19.0. The Morgan fingerprint density at radius 3 is 2.11 bits per heavy atom. The first kappa shape index (κ1) is 23.3. The molecule has 0 bridgehead atoms. The summed E-state index contributed by atoms with van der Waals surface area (Å²) in [5.41, 5.74) is 3.02. The number of carbonyl (C=O) groups excluding carboxylic acids is 2. The van der Waals surface area contributed by atoms with Gasteiger partial charge in [-0.25, -0.2) is 9.59 Å². The number of benzene rings is 2. The summed E-state index contributed by atoms with van der Waals surface area (Å²) in [5, 5.41) is 13.4. The number of nitrogens with one attached hydrogen (secondary N) is 2. The van der Waals surface area contributed by atoms with Crippen molar-refractivity contribution in [2.45, 2.75) is 37.5 Å². The monoisotopic (exact) mass is 484 g/mol. The van der Waals surface area contributed by atoms with Gasteiger partial charge in [-0.3, -0.25) is 4.79 Å². The molecule has 7 nitrogen and oxygen atoms in total. The van der Waals surface area contributed by atoms with Gasteiger partial charge in [-0.1, -0.05) is 55.0 Å². The number of fused-ring (bicyclic) bond motifs is 3. The quantitative estimate of drug-likeness (QED) is 0.527. The fourth-order valence-corrected chi connectivity index (χ4v) is 5.75. The lowest BCUT2D eigenvalue weighted by molar-refractivity contribution is -0.164. The van der Waals surface area contributed by atoms with Crippen molar-refractivity contribution in [1.29, 1.82) is 0 Å². The van der Waals surface area contributed by atoms with E-state index in [1.807, 2.05) is 48.5 Å². The molecule has 0 radical (unpaired) electrons. The van der Waals surface area contributed by atoms with Crippen molar-refractivity contribution in [2.75, 3.05) is 19.7 Å². The summed E-state index contributed by atoms with van der Waals surface area (Å²) in [6.45, 7) is -1.22. The second kappa shape index (κ2) is 8.32. The van der Waals surface area contributed by atoms with Gasteiger partial charge < -0.3 is 20.5 Å². The summed E-state index contributed by atoms with van der Waals surface area (Å²) in [4.78, 5) is 36.1. The van der Waals surface area contributed by atoms with Crippen LogP contribution in [0.25, 0.3) is 11.1 Å². The number of carbonyl (C=O) groups is 3. The van der Waals surface area contributed by atoms with E-state index in [2.05, 4.69) is 10.6 Å². The average molecular weight is 484 g/mol. The SMILES string of the molecule is O=C(NCC1(C(=O)NCC(F)(F)C(=O)O)CC12CCC2)OCC1c2ccccc2-c2ccccc21. The van der Waals surface area contributed by atoms with Gasteiger partial charge >= 0.3 is 18.0 Å². The second-order valence-electron chi connectivity index (χ2n) is 9.76. The fraction of sp³-hybridized carbons (Fsp3) is 0.423. The summed E-state index contributed by atoms with van der Waals surface area (Å²) < 4.78 is 32.5. The Labute approximate surface area is 200 Å². The van der Waals surface area contributed by atoms with Crippen molar-refractivity contribution < 1.29 is 33.0 Å². The molecule has 1 atom stereocenters. The van der Waals surface area contributed by atoms with E-state index in [1.54, 1.807) is 0 Å². The maximum absolute atomic E-state index is 13.5. The Balaban J connectivity index is 1.21. The molecule has 1 spiro atoms. The third-order valence-electron chi connectivity index (χ3n) is 7.94. The van der Waals surface area contributed by atoms with E-state index in [1.165, 1.54) is 0 Å². The Hall–Kier alpha value is -3.49. The number of halogens is 2. The maximum Gasteiger partial charge on any atom is 0.407 e. The summed E-state index contributed by atoms with van der Waals surface area (Å²) in [6, 6.07) is 15.9. The molecule has 2 fully saturated rings. The molecule has 3 aliphatic rings. The highest BCUT2D eigenvalue weighted by Crippen LogP contribution is 2.73. The number of alkyl carbamates (subject to hydrolysis) is 1. The number of rotatable bonds is 8. The first-order valence-corrected chi connectivity index (χ1v) is 11.7. The van der Waals surface area contributed by atoms with Gasteiger partial charge in [-0.05, 0) is 46.9 Å². The van der Waals surface area contributed by atoms with Crippen molar-refractivity contribution in [3.63, 3.8) is 0 Å². The largest absolute Gasteiger partial charge is 0.477 e. The summed E-state index contributed by atoms with van der Waals surface area (Å²) in [7, 11) is 0. The molecule has 2 aromatic carbocycles. The summed E-state index contributed by atoms with van der Waals surface area (Å²) in [5.74, 6) is -7.11.